The molecule has 2 heterocycles. The molecule has 1 atom stereocenters. The lowest BCUT2D eigenvalue weighted by molar-refractivity contribution is 0.0377. The minimum absolute atomic E-state index is 0. The molecule has 0 spiro atoms. The molecule has 2 rings (SSSR count). The number of hydrogen-bond acceptors (Lipinski definition) is 4. The van der Waals surface area contributed by atoms with Crippen molar-refractivity contribution in [3.63, 3.8) is 0 Å². The molecule has 144 valence electrons. The first-order valence-corrected chi connectivity index (χ1v) is 9.89. The van der Waals surface area contributed by atoms with E-state index in [0.29, 0.717) is 6.04 Å². The maximum atomic E-state index is 5.38. The van der Waals surface area contributed by atoms with Crippen LogP contribution in [0.3, 0.4) is 0 Å². The van der Waals surface area contributed by atoms with Crippen molar-refractivity contribution in [3.05, 3.63) is 21.9 Å². The highest BCUT2D eigenvalue weighted by molar-refractivity contribution is 14.0. The molecule has 1 saturated heterocycles. The molecule has 0 amide bonds. The van der Waals surface area contributed by atoms with Crippen LogP contribution >= 0.6 is 35.3 Å². The van der Waals surface area contributed by atoms with Crippen LogP contribution in [0.15, 0.2) is 17.1 Å². The van der Waals surface area contributed by atoms with Gasteiger partial charge in [-0.2, -0.15) is 0 Å². The SMILES string of the molecule is CCNC(=NCCCN1CCOCC1)NC(C)Cc1ccc(C)s1.I. The van der Waals surface area contributed by atoms with Gasteiger partial charge in [0.25, 0.3) is 0 Å². The van der Waals surface area contributed by atoms with E-state index in [1.54, 1.807) is 0 Å². The van der Waals surface area contributed by atoms with E-state index >= 15 is 0 Å². The van der Waals surface area contributed by atoms with Crippen LogP contribution in [0.5, 0.6) is 0 Å². The molecule has 1 aromatic heterocycles. The number of morpholine rings is 1. The summed E-state index contributed by atoms with van der Waals surface area (Å²) in [7, 11) is 0. The van der Waals surface area contributed by atoms with Crippen molar-refractivity contribution in [1.29, 1.82) is 0 Å². The molecular formula is C18H33IN4OS. The molecule has 1 aliphatic heterocycles. The first-order valence-electron chi connectivity index (χ1n) is 9.07. The maximum Gasteiger partial charge on any atom is 0.191 e. The molecule has 0 saturated carbocycles. The van der Waals surface area contributed by atoms with Gasteiger partial charge in [0.15, 0.2) is 5.96 Å². The average molecular weight is 480 g/mol. The number of hydrogen-bond donors (Lipinski definition) is 2. The standard InChI is InChI=1S/C18H32N4OS.HI/c1-4-19-18(20-8-5-9-22-10-12-23-13-11-22)21-15(2)14-17-7-6-16(3)24-17;/h6-7,15H,4-5,8-14H2,1-3H3,(H2,19,20,21);1H. The van der Waals surface area contributed by atoms with Crippen LogP contribution in [0.2, 0.25) is 0 Å². The lowest BCUT2D eigenvalue weighted by Crippen LogP contribution is -2.43. The largest absolute Gasteiger partial charge is 0.379 e. The van der Waals surface area contributed by atoms with Crippen molar-refractivity contribution in [2.75, 3.05) is 45.9 Å². The van der Waals surface area contributed by atoms with Gasteiger partial charge in [0, 0.05) is 54.9 Å². The van der Waals surface area contributed by atoms with Crippen LogP contribution < -0.4 is 10.6 Å². The third kappa shape index (κ3) is 9.21. The lowest BCUT2D eigenvalue weighted by atomic mass is 10.2. The van der Waals surface area contributed by atoms with Gasteiger partial charge in [0.2, 0.25) is 0 Å². The number of rotatable bonds is 8. The van der Waals surface area contributed by atoms with E-state index in [0.717, 1.165) is 64.7 Å². The van der Waals surface area contributed by atoms with E-state index in [1.165, 1.54) is 9.75 Å². The Morgan fingerprint density at radius 3 is 2.76 bits per heavy atom. The Balaban J connectivity index is 0.00000312. The van der Waals surface area contributed by atoms with Crippen LogP contribution in [0.25, 0.3) is 0 Å². The minimum atomic E-state index is 0. The minimum Gasteiger partial charge on any atom is -0.379 e. The molecule has 1 unspecified atom stereocenters. The smallest absolute Gasteiger partial charge is 0.191 e. The normalized spacial score (nSPS) is 17.0. The topological polar surface area (TPSA) is 48.9 Å². The fourth-order valence-electron chi connectivity index (χ4n) is 2.81. The van der Waals surface area contributed by atoms with Gasteiger partial charge in [-0.05, 0) is 39.3 Å². The number of halogens is 1. The van der Waals surface area contributed by atoms with E-state index in [-0.39, 0.29) is 24.0 Å². The molecule has 1 aliphatic rings. The molecule has 7 heteroatoms. The van der Waals surface area contributed by atoms with Crippen molar-refractivity contribution >= 4 is 41.3 Å². The highest BCUT2D eigenvalue weighted by atomic mass is 127. The van der Waals surface area contributed by atoms with E-state index in [4.69, 9.17) is 9.73 Å². The second-order valence-electron chi connectivity index (χ2n) is 6.33. The summed E-state index contributed by atoms with van der Waals surface area (Å²) in [5.74, 6) is 0.931. The molecule has 1 aromatic rings. The lowest BCUT2D eigenvalue weighted by Gasteiger charge is -2.26. The predicted octanol–water partition coefficient (Wildman–Crippen LogP) is 2.88. The second kappa shape index (κ2) is 12.9. The summed E-state index contributed by atoms with van der Waals surface area (Å²) in [6.07, 6.45) is 2.13. The summed E-state index contributed by atoms with van der Waals surface area (Å²) in [5.41, 5.74) is 0. The Labute approximate surface area is 173 Å². The van der Waals surface area contributed by atoms with E-state index in [2.05, 4.69) is 48.4 Å². The zero-order valence-corrected chi connectivity index (χ0v) is 18.9. The second-order valence-corrected chi connectivity index (χ2v) is 7.70. The van der Waals surface area contributed by atoms with Gasteiger partial charge < -0.3 is 15.4 Å². The number of nitrogens with zero attached hydrogens (tertiary/aromatic N) is 2. The van der Waals surface area contributed by atoms with Gasteiger partial charge in [-0.25, -0.2) is 0 Å². The van der Waals surface area contributed by atoms with Gasteiger partial charge in [-0.15, -0.1) is 35.3 Å². The van der Waals surface area contributed by atoms with Crippen LogP contribution in [-0.2, 0) is 11.2 Å². The summed E-state index contributed by atoms with van der Waals surface area (Å²) >= 11 is 1.88. The summed E-state index contributed by atoms with van der Waals surface area (Å²) in [6, 6.07) is 4.79. The zero-order valence-electron chi connectivity index (χ0n) is 15.7. The highest BCUT2D eigenvalue weighted by Gasteiger charge is 2.10. The van der Waals surface area contributed by atoms with Crippen LogP contribution in [0, 0.1) is 6.92 Å². The third-order valence-electron chi connectivity index (χ3n) is 4.04. The van der Waals surface area contributed by atoms with Crippen molar-refractivity contribution in [2.24, 2.45) is 4.99 Å². The highest BCUT2D eigenvalue weighted by Crippen LogP contribution is 2.16. The van der Waals surface area contributed by atoms with Gasteiger partial charge >= 0.3 is 0 Å². The Morgan fingerprint density at radius 1 is 1.36 bits per heavy atom. The Morgan fingerprint density at radius 2 is 2.12 bits per heavy atom. The summed E-state index contributed by atoms with van der Waals surface area (Å²) in [4.78, 5) is 9.99. The molecule has 5 nitrogen and oxygen atoms in total. The molecular weight excluding hydrogens is 447 g/mol. The predicted molar refractivity (Wildman–Crippen MR) is 119 cm³/mol. The number of aliphatic imine (C=N–C) groups is 1. The van der Waals surface area contributed by atoms with Crippen molar-refractivity contribution in [2.45, 2.75) is 39.7 Å². The van der Waals surface area contributed by atoms with Crippen LogP contribution in [0.1, 0.15) is 30.0 Å². The number of guanidine groups is 1. The number of thiophene rings is 1. The van der Waals surface area contributed by atoms with Crippen molar-refractivity contribution < 1.29 is 4.74 Å². The molecule has 2 N–H and O–H groups in total. The molecule has 0 aliphatic carbocycles. The van der Waals surface area contributed by atoms with E-state index in [1.807, 2.05) is 11.3 Å². The van der Waals surface area contributed by atoms with Gasteiger partial charge in [-0.3, -0.25) is 9.89 Å². The summed E-state index contributed by atoms with van der Waals surface area (Å²) in [5, 5.41) is 6.88. The quantitative estimate of drug-likeness (QED) is 0.260. The van der Waals surface area contributed by atoms with Crippen LogP contribution in [0.4, 0.5) is 0 Å². The first-order chi connectivity index (χ1) is 11.7. The maximum absolute atomic E-state index is 5.38. The fourth-order valence-corrected chi connectivity index (χ4v) is 3.83. The Bertz CT molecular complexity index is 503. The molecule has 1 fully saturated rings. The third-order valence-corrected chi connectivity index (χ3v) is 5.06. The van der Waals surface area contributed by atoms with Gasteiger partial charge in [0.05, 0.1) is 13.2 Å². The number of aryl methyl sites for hydroxylation is 1. The molecule has 25 heavy (non-hydrogen) atoms. The van der Waals surface area contributed by atoms with Crippen molar-refractivity contribution in [3.8, 4) is 0 Å². The Kier molecular flexibility index (Phi) is 11.7. The molecule has 0 bridgehead atoms. The molecule has 0 aromatic carbocycles. The summed E-state index contributed by atoms with van der Waals surface area (Å²) < 4.78 is 5.38. The fraction of sp³-hybridized carbons (Fsp3) is 0.722. The molecule has 0 radical (unpaired) electrons. The average Bonchev–Trinajstić information content (AvgIpc) is 2.97. The van der Waals surface area contributed by atoms with E-state index < -0.39 is 0 Å². The monoisotopic (exact) mass is 480 g/mol. The summed E-state index contributed by atoms with van der Waals surface area (Å²) in [6.45, 7) is 13.2. The first kappa shape index (κ1) is 22.7. The number of nitrogens with one attached hydrogen (secondary N) is 2. The number of ether oxygens (including phenoxy) is 1. The van der Waals surface area contributed by atoms with Gasteiger partial charge in [-0.1, -0.05) is 0 Å². The van der Waals surface area contributed by atoms with E-state index in [9.17, 15) is 0 Å². The van der Waals surface area contributed by atoms with Crippen molar-refractivity contribution in [1.82, 2.24) is 15.5 Å². The van der Waals surface area contributed by atoms with Gasteiger partial charge in [0.1, 0.15) is 0 Å². The zero-order chi connectivity index (χ0) is 17.2. The van der Waals surface area contributed by atoms with Crippen LogP contribution in [-0.4, -0.2) is 62.8 Å². The Hall–Kier alpha value is -0.380.